The summed E-state index contributed by atoms with van der Waals surface area (Å²) >= 11 is 5.45. The van der Waals surface area contributed by atoms with Crippen molar-refractivity contribution in [3.05, 3.63) is 86.4 Å². The van der Waals surface area contributed by atoms with Crippen LogP contribution in [0.25, 0.3) is 10.9 Å². The van der Waals surface area contributed by atoms with Gasteiger partial charge in [-0.05, 0) is 74.5 Å². The lowest BCUT2D eigenvalue weighted by Gasteiger charge is -2.14. The maximum absolute atomic E-state index is 13.0. The molecule has 160 valence electrons. The first-order valence-electron chi connectivity index (χ1n) is 10.9. The molecule has 1 heterocycles. The fourth-order valence-corrected chi connectivity index (χ4v) is 4.34. The summed E-state index contributed by atoms with van der Waals surface area (Å²) in [6, 6.07) is 15.2. The number of nitrogens with one attached hydrogen (secondary N) is 2. The maximum atomic E-state index is 13.0. The van der Waals surface area contributed by atoms with Crippen LogP contribution >= 0.6 is 12.2 Å². The number of carbonyl (C=O) groups is 1. The van der Waals surface area contributed by atoms with Gasteiger partial charge < -0.3 is 10.3 Å². The maximum Gasteiger partial charge on any atom is 0.262 e. The summed E-state index contributed by atoms with van der Waals surface area (Å²) in [5.41, 5.74) is 3.59. The number of nitrogens with zero attached hydrogens (tertiary/aromatic N) is 1. The van der Waals surface area contributed by atoms with Gasteiger partial charge in [-0.2, -0.15) is 0 Å². The smallest absolute Gasteiger partial charge is 0.262 e. The molecule has 6 heteroatoms. The average molecular weight is 434 g/mol. The Balaban J connectivity index is 1.47. The number of hydrogen-bond acceptors (Lipinski definition) is 3. The second-order valence-electron chi connectivity index (χ2n) is 8.00. The lowest BCUT2D eigenvalue weighted by molar-refractivity contribution is 0.0954. The van der Waals surface area contributed by atoms with Crippen LogP contribution in [-0.2, 0) is 13.0 Å². The Hall–Kier alpha value is -2.99. The van der Waals surface area contributed by atoms with Crippen molar-refractivity contribution >= 4 is 29.0 Å². The highest BCUT2D eigenvalue weighted by Gasteiger charge is 2.11. The molecule has 5 nitrogen and oxygen atoms in total. The number of aromatic amines is 1. The molecule has 0 fully saturated rings. The number of H-pyrrole nitrogens is 1. The first-order valence-corrected chi connectivity index (χ1v) is 11.3. The number of allylic oxidation sites excluding steroid dienone is 2. The quantitative estimate of drug-likeness (QED) is 0.410. The highest BCUT2D eigenvalue weighted by molar-refractivity contribution is 7.71. The topological polar surface area (TPSA) is 66.9 Å². The molecular weight excluding hydrogens is 406 g/mol. The minimum Gasteiger partial charge on any atom is -0.352 e. The number of aromatic nitrogens is 2. The zero-order chi connectivity index (χ0) is 21.6. The zero-order valence-corrected chi connectivity index (χ0v) is 18.3. The van der Waals surface area contributed by atoms with Gasteiger partial charge in [-0.1, -0.05) is 42.0 Å². The van der Waals surface area contributed by atoms with E-state index in [9.17, 15) is 9.59 Å². The molecule has 0 aliphatic heterocycles. The van der Waals surface area contributed by atoms with E-state index in [-0.39, 0.29) is 11.5 Å². The van der Waals surface area contributed by atoms with E-state index in [0.29, 0.717) is 34.3 Å². The molecule has 0 unspecified atom stereocenters. The largest absolute Gasteiger partial charge is 0.352 e. The van der Waals surface area contributed by atoms with E-state index in [1.165, 1.54) is 24.0 Å². The van der Waals surface area contributed by atoms with Crippen LogP contribution in [0.15, 0.2) is 65.0 Å². The van der Waals surface area contributed by atoms with E-state index in [1.54, 1.807) is 22.8 Å². The average Bonchev–Trinajstić information content (AvgIpc) is 2.80. The summed E-state index contributed by atoms with van der Waals surface area (Å²) in [4.78, 5) is 28.7. The lowest BCUT2D eigenvalue weighted by atomic mass is 9.97. The summed E-state index contributed by atoms with van der Waals surface area (Å²) in [5.74, 6) is -0.162. The van der Waals surface area contributed by atoms with Crippen molar-refractivity contribution in [1.29, 1.82) is 0 Å². The van der Waals surface area contributed by atoms with Crippen LogP contribution in [0.1, 0.15) is 48.0 Å². The van der Waals surface area contributed by atoms with Crippen LogP contribution in [0.5, 0.6) is 0 Å². The van der Waals surface area contributed by atoms with Crippen LogP contribution in [0.2, 0.25) is 0 Å². The van der Waals surface area contributed by atoms with Crippen molar-refractivity contribution in [2.24, 2.45) is 0 Å². The van der Waals surface area contributed by atoms with E-state index < -0.39 is 0 Å². The van der Waals surface area contributed by atoms with Gasteiger partial charge >= 0.3 is 0 Å². The normalized spacial score (nSPS) is 13.7. The first-order chi connectivity index (χ1) is 15.1. The van der Waals surface area contributed by atoms with Crippen LogP contribution in [0, 0.1) is 4.77 Å². The zero-order valence-electron chi connectivity index (χ0n) is 17.5. The number of fused-ring (bicyclic) bond motifs is 1. The molecule has 0 spiro atoms. The van der Waals surface area contributed by atoms with Gasteiger partial charge in [-0.15, -0.1) is 0 Å². The number of benzene rings is 2. The molecule has 0 saturated heterocycles. The second-order valence-corrected chi connectivity index (χ2v) is 8.38. The molecule has 3 aromatic rings. The fourth-order valence-electron chi connectivity index (χ4n) is 4.05. The Bertz CT molecular complexity index is 1220. The third-order valence-corrected chi connectivity index (χ3v) is 6.15. The highest BCUT2D eigenvalue weighted by Crippen LogP contribution is 2.20. The monoisotopic (exact) mass is 433 g/mol. The minimum atomic E-state index is -0.162. The van der Waals surface area contributed by atoms with Gasteiger partial charge in [-0.3, -0.25) is 14.2 Å². The van der Waals surface area contributed by atoms with Crippen molar-refractivity contribution in [2.75, 3.05) is 6.54 Å². The molecule has 0 saturated carbocycles. The van der Waals surface area contributed by atoms with E-state index >= 15 is 0 Å². The Labute approximate surface area is 186 Å². The van der Waals surface area contributed by atoms with Gasteiger partial charge in [0.15, 0.2) is 4.77 Å². The van der Waals surface area contributed by atoms with Crippen molar-refractivity contribution in [3.63, 3.8) is 0 Å². The van der Waals surface area contributed by atoms with Gasteiger partial charge in [0.25, 0.3) is 11.5 Å². The summed E-state index contributed by atoms with van der Waals surface area (Å²) in [6.07, 6.45) is 8.63. The Morgan fingerprint density at radius 1 is 1.10 bits per heavy atom. The summed E-state index contributed by atoms with van der Waals surface area (Å²) in [6.45, 7) is 1.13. The molecule has 0 radical (unpaired) electrons. The molecular formula is C25H27N3O2S. The Morgan fingerprint density at radius 2 is 1.94 bits per heavy atom. The number of rotatable bonds is 7. The van der Waals surface area contributed by atoms with Gasteiger partial charge in [-0.25, -0.2) is 0 Å². The van der Waals surface area contributed by atoms with Crippen LogP contribution in [0.3, 0.4) is 0 Å². The molecule has 1 aromatic heterocycles. The predicted octanol–water partition coefficient (Wildman–Crippen LogP) is 4.92. The van der Waals surface area contributed by atoms with E-state index in [0.717, 1.165) is 25.7 Å². The molecule has 1 amide bonds. The Kier molecular flexibility index (Phi) is 6.77. The SMILES string of the molecule is O=C(NCCc1ccccc1)c1ccc2c(=O)n(CCC3=CCCCC3)c(=S)[nH]c2c1. The first kappa shape index (κ1) is 21.2. The molecule has 31 heavy (non-hydrogen) atoms. The second kappa shape index (κ2) is 9.88. The number of hydrogen-bond donors (Lipinski definition) is 2. The molecule has 0 atom stereocenters. The summed E-state index contributed by atoms with van der Waals surface area (Å²) < 4.78 is 2.03. The van der Waals surface area contributed by atoms with Crippen molar-refractivity contribution in [1.82, 2.24) is 14.9 Å². The van der Waals surface area contributed by atoms with Crippen LogP contribution < -0.4 is 10.9 Å². The van der Waals surface area contributed by atoms with Crippen LogP contribution in [0.4, 0.5) is 0 Å². The van der Waals surface area contributed by atoms with Gasteiger partial charge in [0.2, 0.25) is 0 Å². The highest BCUT2D eigenvalue weighted by atomic mass is 32.1. The van der Waals surface area contributed by atoms with Gasteiger partial charge in [0, 0.05) is 18.7 Å². The minimum absolute atomic E-state index is 0.105. The third-order valence-electron chi connectivity index (χ3n) is 5.83. The summed E-state index contributed by atoms with van der Waals surface area (Å²) in [5, 5.41) is 3.49. The molecule has 0 bridgehead atoms. The molecule has 4 rings (SSSR count). The Morgan fingerprint density at radius 3 is 2.71 bits per heavy atom. The molecule has 2 aromatic carbocycles. The summed E-state index contributed by atoms with van der Waals surface area (Å²) in [7, 11) is 0. The van der Waals surface area contributed by atoms with E-state index in [1.807, 2.05) is 30.3 Å². The number of amides is 1. The fraction of sp³-hybridized carbons (Fsp3) is 0.320. The predicted molar refractivity (Wildman–Crippen MR) is 127 cm³/mol. The molecule has 1 aliphatic rings. The van der Waals surface area contributed by atoms with Crippen molar-refractivity contribution in [3.8, 4) is 0 Å². The lowest BCUT2D eigenvalue weighted by Crippen LogP contribution is -2.26. The molecule has 1 aliphatic carbocycles. The van der Waals surface area contributed by atoms with Crippen molar-refractivity contribution in [2.45, 2.75) is 45.1 Å². The number of carbonyl (C=O) groups excluding carboxylic acids is 1. The van der Waals surface area contributed by atoms with Gasteiger partial charge in [0.05, 0.1) is 10.9 Å². The standard InChI is InChI=1S/C25H27N3O2S/c29-23(26-15-13-18-7-3-1-4-8-18)20-11-12-21-22(17-20)27-25(31)28(24(21)30)16-14-19-9-5-2-6-10-19/h1,3-4,7-9,11-12,17H,2,5-6,10,13-16H2,(H,26,29)(H,27,31). The molecule has 2 N–H and O–H groups in total. The van der Waals surface area contributed by atoms with Gasteiger partial charge in [0.1, 0.15) is 0 Å². The van der Waals surface area contributed by atoms with E-state index in [4.69, 9.17) is 12.2 Å². The van der Waals surface area contributed by atoms with Crippen LogP contribution in [-0.4, -0.2) is 22.0 Å². The van der Waals surface area contributed by atoms with Crippen molar-refractivity contribution < 1.29 is 4.79 Å². The van der Waals surface area contributed by atoms with E-state index in [2.05, 4.69) is 16.4 Å². The third kappa shape index (κ3) is 5.20.